The largest absolute Gasteiger partial charge is 0.352 e. The van der Waals surface area contributed by atoms with Gasteiger partial charge in [0.15, 0.2) is 0 Å². The van der Waals surface area contributed by atoms with E-state index in [1.165, 1.54) is 9.21 Å². The number of amides is 2. The molecule has 0 radical (unpaired) electrons. The van der Waals surface area contributed by atoms with Crippen molar-refractivity contribution in [2.75, 3.05) is 10.8 Å². The molecule has 0 fully saturated rings. The van der Waals surface area contributed by atoms with Crippen molar-refractivity contribution in [3.8, 4) is 0 Å². The third kappa shape index (κ3) is 7.76. The standard InChI is InChI=1S/C33H43N3O4S/c1-8-26(6)34-33(38)30(9-2)35(21-28-14-10-12-24(4)20-28)32(37)22-36(31-15-11-13-25(5)27(31)7)41(39,40)29-18-16-23(3)17-19-29/h10-20,26,30H,8-9,21-22H2,1-7H3,(H,34,38)/t26-,30-/m0/s1. The molecule has 0 bridgehead atoms. The highest BCUT2D eigenvalue weighted by molar-refractivity contribution is 7.92. The SMILES string of the molecule is CC[C@H](C)NC(=O)[C@H](CC)N(Cc1cccc(C)c1)C(=O)CN(c1cccc(C)c1C)S(=O)(=O)c1ccc(C)cc1. The number of aryl methyl sites for hydroxylation is 3. The van der Waals surface area contributed by atoms with E-state index in [1.54, 1.807) is 36.4 Å². The molecule has 3 aromatic rings. The first kappa shape index (κ1) is 31.9. The van der Waals surface area contributed by atoms with Crippen molar-refractivity contribution < 1.29 is 18.0 Å². The molecule has 8 heteroatoms. The van der Waals surface area contributed by atoms with E-state index in [9.17, 15) is 18.0 Å². The molecule has 0 saturated heterocycles. The van der Waals surface area contributed by atoms with E-state index in [4.69, 9.17) is 0 Å². The molecule has 41 heavy (non-hydrogen) atoms. The molecule has 0 aliphatic heterocycles. The molecule has 2 amide bonds. The number of anilines is 1. The van der Waals surface area contributed by atoms with Crippen molar-refractivity contribution in [2.24, 2.45) is 0 Å². The highest BCUT2D eigenvalue weighted by Gasteiger charge is 2.34. The van der Waals surface area contributed by atoms with Crippen LogP contribution in [0.1, 0.15) is 61.4 Å². The topological polar surface area (TPSA) is 86.8 Å². The fourth-order valence-corrected chi connectivity index (χ4v) is 6.20. The van der Waals surface area contributed by atoms with E-state index < -0.39 is 28.5 Å². The molecular formula is C33H43N3O4S. The van der Waals surface area contributed by atoms with E-state index in [2.05, 4.69) is 5.32 Å². The number of carbonyl (C=O) groups is 2. The van der Waals surface area contributed by atoms with Crippen LogP contribution in [0, 0.1) is 27.7 Å². The molecule has 0 heterocycles. The van der Waals surface area contributed by atoms with Gasteiger partial charge in [0.05, 0.1) is 10.6 Å². The summed E-state index contributed by atoms with van der Waals surface area (Å²) >= 11 is 0. The summed E-state index contributed by atoms with van der Waals surface area (Å²) in [5.74, 6) is -0.697. The minimum Gasteiger partial charge on any atom is -0.352 e. The third-order valence-electron chi connectivity index (χ3n) is 7.55. The molecule has 3 aromatic carbocycles. The maximum atomic E-state index is 14.2. The van der Waals surface area contributed by atoms with Gasteiger partial charge in [0, 0.05) is 12.6 Å². The lowest BCUT2D eigenvalue weighted by atomic mass is 10.1. The summed E-state index contributed by atoms with van der Waals surface area (Å²) in [6, 6.07) is 19.0. The number of rotatable bonds is 12. The Morgan fingerprint density at radius 1 is 0.854 bits per heavy atom. The first-order valence-corrected chi connectivity index (χ1v) is 15.6. The van der Waals surface area contributed by atoms with Gasteiger partial charge < -0.3 is 10.2 Å². The van der Waals surface area contributed by atoms with Gasteiger partial charge in [-0.1, -0.05) is 73.5 Å². The molecule has 2 atom stereocenters. The molecule has 0 aliphatic carbocycles. The number of hydrogen-bond acceptors (Lipinski definition) is 4. The molecule has 0 unspecified atom stereocenters. The van der Waals surface area contributed by atoms with Crippen LogP contribution in [0.15, 0.2) is 71.6 Å². The number of nitrogens with zero attached hydrogens (tertiary/aromatic N) is 2. The van der Waals surface area contributed by atoms with Crippen LogP contribution < -0.4 is 9.62 Å². The van der Waals surface area contributed by atoms with Crippen molar-refractivity contribution in [1.82, 2.24) is 10.2 Å². The smallest absolute Gasteiger partial charge is 0.264 e. The Morgan fingerprint density at radius 3 is 2.12 bits per heavy atom. The molecular weight excluding hydrogens is 534 g/mol. The number of hydrogen-bond donors (Lipinski definition) is 1. The minimum absolute atomic E-state index is 0.0548. The van der Waals surface area contributed by atoms with Crippen molar-refractivity contribution in [1.29, 1.82) is 0 Å². The van der Waals surface area contributed by atoms with Crippen LogP contribution in [0.4, 0.5) is 5.69 Å². The second kappa shape index (κ2) is 13.8. The van der Waals surface area contributed by atoms with Gasteiger partial charge in [-0.05, 0) is 82.3 Å². The second-order valence-electron chi connectivity index (χ2n) is 10.8. The van der Waals surface area contributed by atoms with Crippen molar-refractivity contribution in [3.63, 3.8) is 0 Å². The highest BCUT2D eigenvalue weighted by Crippen LogP contribution is 2.29. The summed E-state index contributed by atoms with van der Waals surface area (Å²) in [6.07, 6.45) is 1.14. The number of benzene rings is 3. The molecule has 0 spiro atoms. The summed E-state index contributed by atoms with van der Waals surface area (Å²) in [5.41, 5.74) is 4.95. The molecule has 0 aromatic heterocycles. The maximum Gasteiger partial charge on any atom is 0.264 e. The lowest BCUT2D eigenvalue weighted by molar-refractivity contribution is -0.140. The van der Waals surface area contributed by atoms with Crippen LogP contribution in [-0.4, -0.2) is 43.8 Å². The summed E-state index contributed by atoms with van der Waals surface area (Å²) < 4.78 is 29.4. The Hall–Kier alpha value is -3.65. The number of nitrogens with one attached hydrogen (secondary N) is 1. The Bertz CT molecular complexity index is 1470. The second-order valence-corrected chi connectivity index (χ2v) is 12.7. The van der Waals surface area contributed by atoms with Gasteiger partial charge in [-0.3, -0.25) is 13.9 Å². The Labute approximate surface area is 245 Å². The zero-order valence-corrected chi connectivity index (χ0v) is 26.1. The maximum absolute atomic E-state index is 14.2. The first-order chi connectivity index (χ1) is 19.4. The summed E-state index contributed by atoms with van der Waals surface area (Å²) in [5, 5.41) is 3.01. The normalized spacial score (nSPS) is 12.9. The molecule has 0 aliphatic rings. The molecule has 1 N–H and O–H groups in total. The van der Waals surface area contributed by atoms with E-state index >= 15 is 0 Å². The van der Waals surface area contributed by atoms with Crippen molar-refractivity contribution in [3.05, 3.63) is 94.5 Å². The predicted molar refractivity (Wildman–Crippen MR) is 165 cm³/mol. The van der Waals surface area contributed by atoms with Gasteiger partial charge in [-0.15, -0.1) is 0 Å². The zero-order chi connectivity index (χ0) is 30.3. The van der Waals surface area contributed by atoms with Crippen LogP contribution in [0.5, 0.6) is 0 Å². The van der Waals surface area contributed by atoms with E-state index in [0.717, 1.165) is 34.2 Å². The Kier molecular flexibility index (Phi) is 10.7. The average Bonchev–Trinajstić information content (AvgIpc) is 2.93. The van der Waals surface area contributed by atoms with E-state index in [1.807, 2.05) is 78.8 Å². The third-order valence-corrected chi connectivity index (χ3v) is 9.33. The van der Waals surface area contributed by atoms with Gasteiger partial charge in [0.1, 0.15) is 12.6 Å². The molecule has 3 rings (SSSR count). The van der Waals surface area contributed by atoms with Crippen molar-refractivity contribution >= 4 is 27.5 Å². The summed E-state index contributed by atoms with van der Waals surface area (Å²) in [6.45, 7) is 13.1. The van der Waals surface area contributed by atoms with Gasteiger partial charge >= 0.3 is 0 Å². The molecule has 0 saturated carbocycles. The quantitative estimate of drug-likeness (QED) is 0.293. The van der Waals surface area contributed by atoms with E-state index in [-0.39, 0.29) is 23.4 Å². The van der Waals surface area contributed by atoms with Crippen molar-refractivity contribution in [2.45, 2.75) is 84.8 Å². The lowest BCUT2D eigenvalue weighted by Gasteiger charge is -2.34. The van der Waals surface area contributed by atoms with Crippen LogP contribution >= 0.6 is 0 Å². The monoisotopic (exact) mass is 577 g/mol. The first-order valence-electron chi connectivity index (χ1n) is 14.2. The van der Waals surface area contributed by atoms with Crippen LogP contribution in [-0.2, 0) is 26.2 Å². The fourth-order valence-electron chi connectivity index (χ4n) is 4.72. The summed E-state index contributed by atoms with van der Waals surface area (Å²) in [7, 11) is -4.11. The van der Waals surface area contributed by atoms with Crippen LogP contribution in [0.25, 0.3) is 0 Å². The fraction of sp³-hybridized carbons (Fsp3) is 0.394. The zero-order valence-electron chi connectivity index (χ0n) is 25.3. The van der Waals surface area contributed by atoms with Crippen LogP contribution in [0.3, 0.4) is 0 Å². The summed E-state index contributed by atoms with van der Waals surface area (Å²) in [4.78, 5) is 29.3. The Balaban J connectivity index is 2.10. The van der Waals surface area contributed by atoms with Gasteiger partial charge in [0.2, 0.25) is 11.8 Å². The lowest BCUT2D eigenvalue weighted by Crippen LogP contribution is -2.53. The number of sulfonamides is 1. The predicted octanol–water partition coefficient (Wildman–Crippen LogP) is 5.84. The average molecular weight is 578 g/mol. The number of carbonyl (C=O) groups excluding carboxylic acids is 2. The minimum atomic E-state index is -4.11. The van der Waals surface area contributed by atoms with Crippen LogP contribution in [0.2, 0.25) is 0 Å². The Morgan fingerprint density at radius 2 is 1.51 bits per heavy atom. The van der Waals surface area contributed by atoms with E-state index in [0.29, 0.717) is 12.1 Å². The highest BCUT2D eigenvalue weighted by atomic mass is 32.2. The van der Waals surface area contributed by atoms with Gasteiger partial charge in [0.25, 0.3) is 10.0 Å². The molecule has 220 valence electrons. The van der Waals surface area contributed by atoms with Gasteiger partial charge in [-0.2, -0.15) is 0 Å². The van der Waals surface area contributed by atoms with Gasteiger partial charge in [-0.25, -0.2) is 8.42 Å². The molecule has 7 nitrogen and oxygen atoms in total.